The Labute approximate surface area is 86.7 Å². The largest absolute Gasteiger partial charge is 0.381 e. The van der Waals surface area contributed by atoms with E-state index in [1.54, 1.807) is 12.1 Å². The van der Waals surface area contributed by atoms with E-state index in [-0.39, 0.29) is 0 Å². The van der Waals surface area contributed by atoms with Crippen LogP contribution in [-0.4, -0.2) is 15.0 Å². The minimum atomic E-state index is 0.406. The number of benzene rings is 1. The summed E-state index contributed by atoms with van der Waals surface area (Å²) >= 11 is 0. The number of nitrogen functional groups attached to an aromatic ring is 1. The smallest absolute Gasteiger partial charge is 0.165 e. The quantitative estimate of drug-likeness (QED) is 0.775. The van der Waals surface area contributed by atoms with E-state index in [4.69, 9.17) is 11.0 Å². The van der Waals surface area contributed by atoms with Gasteiger partial charge in [-0.1, -0.05) is 12.1 Å². The van der Waals surface area contributed by atoms with Crippen molar-refractivity contribution in [1.82, 2.24) is 15.0 Å². The Bertz CT molecular complexity index is 491. The number of nitrogens with two attached hydrogens (primary N) is 1. The molecule has 0 saturated carbocycles. The first-order chi connectivity index (χ1) is 7.28. The number of hydrogen-bond donors (Lipinski definition) is 1. The van der Waals surface area contributed by atoms with E-state index in [2.05, 4.69) is 16.3 Å². The molecule has 0 unspecified atom stereocenters. The van der Waals surface area contributed by atoms with Gasteiger partial charge in [0.2, 0.25) is 0 Å². The van der Waals surface area contributed by atoms with Gasteiger partial charge in [-0.2, -0.15) is 15.2 Å². The van der Waals surface area contributed by atoms with Gasteiger partial charge in [0, 0.05) is 0 Å². The molecule has 15 heavy (non-hydrogen) atoms. The van der Waals surface area contributed by atoms with Crippen molar-refractivity contribution in [3.63, 3.8) is 0 Å². The molecule has 0 bridgehead atoms. The van der Waals surface area contributed by atoms with Crippen LogP contribution in [0.1, 0.15) is 11.1 Å². The van der Waals surface area contributed by atoms with E-state index in [0.29, 0.717) is 17.9 Å². The molecule has 0 aliphatic rings. The Morgan fingerprint density at radius 3 is 2.60 bits per heavy atom. The molecule has 1 aromatic heterocycles. The molecule has 0 aliphatic heterocycles. The fraction of sp³-hybridized carbons (Fsp3) is 0.100. The second kappa shape index (κ2) is 3.80. The van der Waals surface area contributed by atoms with Crippen molar-refractivity contribution in [2.75, 3.05) is 5.73 Å². The van der Waals surface area contributed by atoms with Gasteiger partial charge >= 0.3 is 0 Å². The molecule has 74 valence electrons. The Morgan fingerprint density at radius 2 is 2.07 bits per heavy atom. The molecule has 0 spiro atoms. The third-order valence-electron chi connectivity index (χ3n) is 1.96. The van der Waals surface area contributed by atoms with Crippen molar-refractivity contribution in [3.05, 3.63) is 41.6 Å². The number of anilines is 1. The molecule has 1 heterocycles. The van der Waals surface area contributed by atoms with Crippen LogP contribution in [0.25, 0.3) is 0 Å². The Hall–Kier alpha value is -2.35. The van der Waals surface area contributed by atoms with Gasteiger partial charge in [0.1, 0.15) is 0 Å². The Morgan fingerprint density at radius 1 is 1.33 bits per heavy atom. The summed E-state index contributed by atoms with van der Waals surface area (Å²) in [4.78, 5) is 1.51. The van der Waals surface area contributed by atoms with E-state index in [1.165, 1.54) is 11.0 Å². The van der Waals surface area contributed by atoms with Crippen molar-refractivity contribution >= 4 is 5.82 Å². The monoisotopic (exact) mass is 199 g/mol. The van der Waals surface area contributed by atoms with E-state index >= 15 is 0 Å². The molecule has 5 heteroatoms. The van der Waals surface area contributed by atoms with Crippen molar-refractivity contribution < 1.29 is 0 Å². The van der Waals surface area contributed by atoms with Crippen molar-refractivity contribution in [1.29, 1.82) is 5.26 Å². The standard InChI is InChI=1S/C10H9N5/c11-5-8-1-3-9(4-2-8)7-15-13-6-10(12)14-15/h1-4,6H,7H2,(H2,12,14). The van der Waals surface area contributed by atoms with Gasteiger partial charge in [0.25, 0.3) is 0 Å². The van der Waals surface area contributed by atoms with E-state index in [1.807, 2.05) is 12.1 Å². The second-order valence-electron chi connectivity index (χ2n) is 3.11. The molecular formula is C10H9N5. The average molecular weight is 199 g/mol. The summed E-state index contributed by atoms with van der Waals surface area (Å²) in [5, 5.41) is 16.6. The number of nitrogens with zero attached hydrogens (tertiary/aromatic N) is 4. The molecule has 0 fully saturated rings. The van der Waals surface area contributed by atoms with Gasteiger partial charge in [0.05, 0.1) is 24.4 Å². The molecule has 0 radical (unpaired) electrons. The van der Waals surface area contributed by atoms with E-state index in [0.717, 1.165) is 5.56 Å². The fourth-order valence-corrected chi connectivity index (χ4v) is 1.23. The molecule has 2 aromatic rings. The highest BCUT2D eigenvalue weighted by molar-refractivity contribution is 5.31. The summed E-state index contributed by atoms with van der Waals surface area (Å²) in [6.45, 7) is 0.558. The van der Waals surface area contributed by atoms with Gasteiger partial charge in [-0.25, -0.2) is 0 Å². The lowest BCUT2D eigenvalue weighted by atomic mass is 10.1. The first-order valence-corrected chi connectivity index (χ1v) is 4.42. The molecule has 2 N–H and O–H groups in total. The van der Waals surface area contributed by atoms with Crippen molar-refractivity contribution in [3.8, 4) is 6.07 Å². The third-order valence-corrected chi connectivity index (χ3v) is 1.96. The van der Waals surface area contributed by atoms with Gasteiger partial charge < -0.3 is 5.73 Å². The van der Waals surface area contributed by atoms with Gasteiger partial charge in [-0.3, -0.25) is 0 Å². The maximum Gasteiger partial charge on any atom is 0.165 e. The van der Waals surface area contributed by atoms with Crippen LogP contribution >= 0.6 is 0 Å². The summed E-state index contributed by atoms with van der Waals surface area (Å²) in [5.74, 6) is 0.406. The molecular weight excluding hydrogens is 190 g/mol. The fourth-order valence-electron chi connectivity index (χ4n) is 1.23. The number of aromatic nitrogens is 3. The normalized spacial score (nSPS) is 9.80. The van der Waals surface area contributed by atoms with E-state index in [9.17, 15) is 0 Å². The predicted molar refractivity (Wildman–Crippen MR) is 54.7 cm³/mol. The molecule has 5 nitrogen and oxygen atoms in total. The number of nitriles is 1. The highest BCUT2D eigenvalue weighted by Gasteiger charge is 1.98. The average Bonchev–Trinajstić information content (AvgIpc) is 2.65. The molecule has 0 saturated heterocycles. The minimum Gasteiger partial charge on any atom is -0.381 e. The van der Waals surface area contributed by atoms with E-state index < -0.39 is 0 Å². The number of rotatable bonds is 2. The van der Waals surface area contributed by atoms with Crippen LogP contribution in [0.5, 0.6) is 0 Å². The highest BCUT2D eigenvalue weighted by Crippen LogP contribution is 2.04. The van der Waals surface area contributed by atoms with Gasteiger partial charge in [0.15, 0.2) is 5.82 Å². The van der Waals surface area contributed by atoms with Crippen molar-refractivity contribution in [2.24, 2.45) is 0 Å². The Kier molecular flexibility index (Phi) is 2.33. The predicted octanol–water partition coefficient (Wildman–Crippen LogP) is 0.780. The first-order valence-electron chi connectivity index (χ1n) is 4.42. The minimum absolute atomic E-state index is 0.406. The van der Waals surface area contributed by atoms with Crippen LogP contribution in [0.4, 0.5) is 5.82 Å². The summed E-state index contributed by atoms with van der Waals surface area (Å²) in [6, 6.07) is 9.34. The molecule has 0 aliphatic carbocycles. The molecule has 0 amide bonds. The SMILES string of the molecule is N#Cc1ccc(Cn2ncc(N)n2)cc1. The summed E-state index contributed by atoms with van der Waals surface area (Å²) in [5.41, 5.74) is 7.12. The maximum atomic E-state index is 8.63. The van der Waals surface area contributed by atoms with Crippen LogP contribution in [0.15, 0.2) is 30.5 Å². The zero-order valence-electron chi connectivity index (χ0n) is 7.96. The second-order valence-corrected chi connectivity index (χ2v) is 3.11. The molecule has 1 aromatic carbocycles. The van der Waals surface area contributed by atoms with Gasteiger partial charge in [-0.05, 0) is 17.7 Å². The van der Waals surface area contributed by atoms with Crippen LogP contribution in [-0.2, 0) is 6.54 Å². The summed E-state index contributed by atoms with van der Waals surface area (Å²) < 4.78 is 0. The lowest BCUT2D eigenvalue weighted by Crippen LogP contribution is -2.04. The number of hydrogen-bond acceptors (Lipinski definition) is 4. The van der Waals surface area contributed by atoms with Crippen LogP contribution in [0, 0.1) is 11.3 Å². The van der Waals surface area contributed by atoms with Crippen LogP contribution in [0.3, 0.4) is 0 Å². The first kappa shape index (κ1) is 9.21. The lowest BCUT2D eigenvalue weighted by Gasteiger charge is -1.99. The zero-order chi connectivity index (χ0) is 10.7. The zero-order valence-corrected chi connectivity index (χ0v) is 7.96. The molecule has 0 atom stereocenters. The van der Waals surface area contributed by atoms with Gasteiger partial charge in [-0.15, -0.1) is 5.10 Å². The van der Waals surface area contributed by atoms with Crippen molar-refractivity contribution in [2.45, 2.75) is 6.54 Å². The highest BCUT2D eigenvalue weighted by atomic mass is 15.5. The molecule has 2 rings (SSSR count). The lowest BCUT2D eigenvalue weighted by molar-refractivity contribution is 0.593. The third kappa shape index (κ3) is 2.11. The topological polar surface area (TPSA) is 80.5 Å². The Balaban J connectivity index is 2.15. The van der Waals surface area contributed by atoms with Crippen LogP contribution in [0.2, 0.25) is 0 Å². The maximum absolute atomic E-state index is 8.63. The summed E-state index contributed by atoms with van der Waals surface area (Å²) in [6.07, 6.45) is 1.50. The summed E-state index contributed by atoms with van der Waals surface area (Å²) in [7, 11) is 0. The van der Waals surface area contributed by atoms with Crippen LogP contribution < -0.4 is 5.73 Å².